The van der Waals surface area contributed by atoms with Crippen LogP contribution in [-0.4, -0.2) is 18.2 Å². The van der Waals surface area contributed by atoms with Gasteiger partial charge in [0.25, 0.3) is 0 Å². The molecule has 1 aliphatic rings. The first-order valence-corrected chi connectivity index (χ1v) is 5.53. The molecule has 0 radical (unpaired) electrons. The van der Waals surface area contributed by atoms with Crippen LogP contribution in [0, 0.1) is 12.8 Å². The lowest BCUT2D eigenvalue weighted by atomic mass is 9.90. The molecule has 1 saturated heterocycles. The van der Waals surface area contributed by atoms with Crippen LogP contribution in [0.5, 0.6) is 0 Å². The van der Waals surface area contributed by atoms with Crippen molar-refractivity contribution in [1.29, 1.82) is 0 Å². The molecule has 0 aromatic carbocycles. The fraction of sp³-hybridized carbons (Fsp3) is 0.583. The standard InChI is InChI=1S/C12H18N2O.2ClH/c1-9-2-5-14-11(8-9)12(13)10-3-6-15-7-4-10;;/h2,5,8,10,12H,3-4,6-7,13H2,1H3;2*1H. The molecule has 0 saturated carbocycles. The molecule has 3 nitrogen and oxygen atoms in total. The first kappa shape index (κ1) is 16.6. The van der Waals surface area contributed by atoms with Gasteiger partial charge >= 0.3 is 0 Å². The Balaban J connectivity index is 0.00000128. The van der Waals surface area contributed by atoms with Crippen molar-refractivity contribution in [3.63, 3.8) is 0 Å². The number of pyridine rings is 1. The molecule has 98 valence electrons. The minimum atomic E-state index is 0. The van der Waals surface area contributed by atoms with Crippen LogP contribution < -0.4 is 5.73 Å². The van der Waals surface area contributed by atoms with Gasteiger partial charge in [0.1, 0.15) is 0 Å². The van der Waals surface area contributed by atoms with Crippen molar-refractivity contribution >= 4 is 24.8 Å². The van der Waals surface area contributed by atoms with Gasteiger partial charge in [-0.2, -0.15) is 0 Å². The van der Waals surface area contributed by atoms with Gasteiger partial charge < -0.3 is 10.5 Å². The second-order valence-corrected chi connectivity index (χ2v) is 4.23. The minimum absolute atomic E-state index is 0. The van der Waals surface area contributed by atoms with Crippen LogP contribution in [0.25, 0.3) is 0 Å². The van der Waals surface area contributed by atoms with Crippen molar-refractivity contribution < 1.29 is 4.74 Å². The van der Waals surface area contributed by atoms with E-state index in [1.807, 2.05) is 12.3 Å². The molecular weight excluding hydrogens is 259 g/mol. The largest absolute Gasteiger partial charge is 0.381 e. The fourth-order valence-electron chi connectivity index (χ4n) is 2.06. The number of nitrogens with two attached hydrogens (primary N) is 1. The van der Waals surface area contributed by atoms with Crippen molar-refractivity contribution in [3.8, 4) is 0 Å². The van der Waals surface area contributed by atoms with E-state index in [0.717, 1.165) is 31.7 Å². The van der Waals surface area contributed by atoms with E-state index in [1.54, 1.807) is 0 Å². The van der Waals surface area contributed by atoms with Gasteiger partial charge in [0.15, 0.2) is 0 Å². The second kappa shape index (κ2) is 7.88. The zero-order valence-corrected chi connectivity index (χ0v) is 11.6. The maximum absolute atomic E-state index is 6.22. The number of rotatable bonds is 2. The lowest BCUT2D eigenvalue weighted by Crippen LogP contribution is -2.28. The average molecular weight is 279 g/mol. The Morgan fingerprint density at radius 3 is 2.59 bits per heavy atom. The summed E-state index contributed by atoms with van der Waals surface area (Å²) in [4.78, 5) is 4.35. The fourth-order valence-corrected chi connectivity index (χ4v) is 2.06. The molecule has 17 heavy (non-hydrogen) atoms. The molecule has 1 fully saturated rings. The molecule has 1 unspecified atom stereocenters. The predicted molar refractivity (Wildman–Crippen MR) is 73.9 cm³/mol. The van der Waals surface area contributed by atoms with Gasteiger partial charge in [-0.15, -0.1) is 24.8 Å². The number of hydrogen-bond donors (Lipinski definition) is 1. The molecule has 0 spiro atoms. The van der Waals surface area contributed by atoms with Crippen molar-refractivity contribution in [2.75, 3.05) is 13.2 Å². The van der Waals surface area contributed by atoms with Crippen LogP contribution in [0.15, 0.2) is 18.3 Å². The lowest BCUT2D eigenvalue weighted by Gasteiger charge is -2.27. The third kappa shape index (κ3) is 4.43. The number of aryl methyl sites for hydroxylation is 1. The highest BCUT2D eigenvalue weighted by Gasteiger charge is 2.22. The first-order chi connectivity index (χ1) is 7.27. The van der Waals surface area contributed by atoms with Crippen molar-refractivity contribution in [3.05, 3.63) is 29.6 Å². The van der Waals surface area contributed by atoms with Crippen LogP contribution >= 0.6 is 24.8 Å². The molecule has 0 amide bonds. The number of halogens is 2. The van der Waals surface area contributed by atoms with E-state index in [0.29, 0.717) is 5.92 Å². The molecule has 2 rings (SSSR count). The Kier molecular flexibility index (Phi) is 7.71. The Labute approximate surface area is 115 Å². The molecular formula is C12H20Cl2N2O. The van der Waals surface area contributed by atoms with Gasteiger partial charge in [0, 0.05) is 19.4 Å². The minimum Gasteiger partial charge on any atom is -0.381 e. The first-order valence-electron chi connectivity index (χ1n) is 5.53. The molecule has 5 heteroatoms. The molecule has 1 aromatic heterocycles. The van der Waals surface area contributed by atoms with Crippen molar-refractivity contribution in [2.24, 2.45) is 11.7 Å². The monoisotopic (exact) mass is 278 g/mol. The Morgan fingerprint density at radius 1 is 1.35 bits per heavy atom. The molecule has 0 bridgehead atoms. The molecule has 1 aromatic rings. The van der Waals surface area contributed by atoms with Gasteiger partial charge in [-0.25, -0.2) is 0 Å². The van der Waals surface area contributed by atoms with E-state index in [4.69, 9.17) is 10.5 Å². The van der Waals surface area contributed by atoms with E-state index in [-0.39, 0.29) is 30.9 Å². The van der Waals surface area contributed by atoms with Crippen LogP contribution in [0.4, 0.5) is 0 Å². The highest BCUT2D eigenvalue weighted by Crippen LogP contribution is 2.26. The second-order valence-electron chi connectivity index (χ2n) is 4.23. The summed E-state index contributed by atoms with van der Waals surface area (Å²) in [6.45, 7) is 3.75. The van der Waals surface area contributed by atoms with Crippen molar-refractivity contribution in [2.45, 2.75) is 25.8 Å². The summed E-state index contributed by atoms with van der Waals surface area (Å²) in [6.07, 6.45) is 3.94. The summed E-state index contributed by atoms with van der Waals surface area (Å²) in [5, 5.41) is 0. The zero-order chi connectivity index (χ0) is 10.7. The van der Waals surface area contributed by atoms with Crippen LogP contribution in [0.1, 0.15) is 30.1 Å². The number of aromatic nitrogens is 1. The summed E-state index contributed by atoms with van der Waals surface area (Å²) in [5.41, 5.74) is 8.46. The van der Waals surface area contributed by atoms with E-state index in [2.05, 4.69) is 18.0 Å². The van der Waals surface area contributed by atoms with E-state index in [1.165, 1.54) is 5.56 Å². The quantitative estimate of drug-likeness (QED) is 0.905. The Morgan fingerprint density at radius 2 is 2.00 bits per heavy atom. The third-order valence-corrected chi connectivity index (χ3v) is 3.05. The zero-order valence-electron chi connectivity index (χ0n) is 9.96. The maximum atomic E-state index is 6.22. The average Bonchev–Trinajstić information content (AvgIpc) is 2.29. The number of nitrogens with zero attached hydrogens (tertiary/aromatic N) is 1. The number of ether oxygens (including phenoxy) is 1. The molecule has 2 N–H and O–H groups in total. The van der Waals surface area contributed by atoms with Gasteiger partial charge in [0.05, 0.1) is 11.7 Å². The van der Waals surface area contributed by atoms with Gasteiger partial charge in [0.2, 0.25) is 0 Å². The molecule has 2 heterocycles. The molecule has 1 atom stereocenters. The highest BCUT2D eigenvalue weighted by atomic mass is 35.5. The third-order valence-electron chi connectivity index (χ3n) is 3.05. The van der Waals surface area contributed by atoms with Gasteiger partial charge in [-0.3, -0.25) is 4.98 Å². The Hall–Kier alpha value is -0.350. The SMILES string of the molecule is Cc1ccnc(C(N)C2CCOCC2)c1.Cl.Cl. The molecule has 0 aliphatic carbocycles. The predicted octanol–water partition coefficient (Wildman–Crippen LogP) is 2.66. The maximum Gasteiger partial charge on any atom is 0.0576 e. The molecule has 1 aliphatic heterocycles. The smallest absolute Gasteiger partial charge is 0.0576 e. The summed E-state index contributed by atoms with van der Waals surface area (Å²) >= 11 is 0. The van der Waals surface area contributed by atoms with Crippen LogP contribution in [0.2, 0.25) is 0 Å². The van der Waals surface area contributed by atoms with E-state index < -0.39 is 0 Å². The summed E-state index contributed by atoms with van der Waals surface area (Å²) < 4.78 is 5.33. The van der Waals surface area contributed by atoms with E-state index in [9.17, 15) is 0 Å². The van der Waals surface area contributed by atoms with Gasteiger partial charge in [-0.1, -0.05) is 0 Å². The number of hydrogen-bond acceptors (Lipinski definition) is 3. The summed E-state index contributed by atoms with van der Waals surface area (Å²) in [6, 6.07) is 4.15. The van der Waals surface area contributed by atoms with Gasteiger partial charge in [-0.05, 0) is 43.4 Å². The summed E-state index contributed by atoms with van der Waals surface area (Å²) in [5.74, 6) is 0.521. The van der Waals surface area contributed by atoms with Crippen molar-refractivity contribution in [1.82, 2.24) is 4.98 Å². The normalized spacial score (nSPS) is 17.8. The van der Waals surface area contributed by atoms with Crippen LogP contribution in [-0.2, 0) is 4.74 Å². The summed E-state index contributed by atoms with van der Waals surface area (Å²) in [7, 11) is 0. The van der Waals surface area contributed by atoms with E-state index >= 15 is 0 Å². The topological polar surface area (TPSA) is 48.1 Å². The lowest BCUT2D eigenvalue weighted by molar-refractivity contribution is 0.0579. The highest BCUT2D eigenvalue weighted by molar-refractivity contribution is 5.85. The Bertz CT molecular complexity index is 330. The van der Waals surface area contributed by atoms with Crippen LogP contribution in [0.3, 0.4) is 0 Å².